The number of halogens is 1. The second-order valence-corrected chi connectivity index (χ2v) is 3.27. The van der Waals surface area contributed by atoms with Crippen LogP contribution >= 0.6 is 11.6 Å². The highest BCUT2D eigenvalue weighted by Crippen LogP contribution is 2.24. The van der Waals surface area contributed by atoms with E-state index in [0.717, 1.165) is 5.06 Å². The third kappa shape index (κ3) is 2.61. The number of hydrogen-bond acceptors (Lipinski definition) is 3. The molecule has 0 spiro atoms. The Morgan fingerprint density at radius 2 is 2.07 bits per heavy atom. The molecule has 1 aromatic rings. The first kappa shape index (κ1) is 11.8. The van der Waals surface area contributed by atoms with Gasteiger partial charge in [-0.1, -0.05) is 11.6 Å². The quantitative estimate of drug-likeness (QED) is 0.744. The van der Waals surface area contributed by atoms with Crippen molar-refractivity contribution in [3.63, 3.8) is 0 Å². The lowest BCUT2D eigenvalue weighted by molar-refractivity contribution is -0.0758. The van der Waals surface area contributed by atoms with Crippen LogP contribution in [0.3, 0.4) is 0 Å². The monoisotopic (exact) mass is 229 g/mol. The molecule has 0 atom stereocenters. The van der Waals surface area contributed by atoms with Crippen LogP contribution in [0.4, 0.5) is 0 Å². The summed E-state index contributed by atoms with van der Waals surface area (Å²) in [5.41, 5.74) is 0.409. The lowest BCUT2D eigenvalue weighted by Crippen LogP contribution is -2.25. The molecule has 0 fully saturated rings. The maximum absolute atomic E-state index is 11.7. The van der Waals surface area contributed by atoms with E-state index < -0.39 is 0 Å². The predicted octanol–water partition coefficient (Wildman–Crippen LogP) is 1.98. The Morgan fingerprint density at radius 3 is 2.60 bits per heavy atom. The molecule has 0 bridgehead atoms. The smallest absolute Gasteiger partial charge is 0.280 e. The number of rotatable bonds is 3. The number of benzene rings is 1. The Balaban J connectivity index is 3.08. The predicted molar refractivity (Wildman–Crippen MR) is 57.1 cm³/mol. The van der Waals surface area contributed by atoms with Gasteiger partial charge in [-0.15, -0.1) is 0 Å². The Kier molecular flexibility index (Phi) is 3.94. The third-order valence-electron chi connectivity index (χ3n) is 1.95. The molecule has 0 aliphatic heterocycles. The zero-order chi connectivity index (χ0) is 11.4. The van der Waals surface area contributed by atoms with Gasteiger partial charge in [0.1, 0.15) is 5.75 Å². The fourth-order valence-corrected chi connectivity index (χ4v) is 1.26. The van der Waals surface area contributed by atoms with E-state index in [1.165, 1.54) is 21.3 Å². The summed E-state index contributed by atoms with van der Waals surface area (Å²) in [6, 6.07) is 4.80. The van der Waals surface area contributed by atoms with Crippen LogP contribution in [-0.2, 0) is 4.84 Å². The fraction of sp³-hybridized carbons (Fsp3) is 0.300. The number of amides is 1. The van der Waals surface area contributed by atoms with Gasteiger partial charge in [-0.05, 0) is 18.2 Å². The van der Waals surface area contributed by atoms with Crippen LogP contribution in [0, 0.1) is 0 Å². The van der Waals surface area contributed by atoms with E-state index in [2.05, 4.69) is 0 Å². The molecule has 82 valence electrons. The summed E-state index contributed by atoms with van der Waals surface area (Å²) in [6.07, 6.45) is 0. The maximum Gasteiger partial charge on any atom is 0.280 e. The van der Waals surface area contributed by atoms with Crippen LogP contribution < -0.4 is 4.74 Å². The van der Waals surface area contributed by atoms with Crippen molar-refractivity contribution in [3.8, 4) is 5.75 Å². The van der Waals surface area contributed by atoms with Crippen LogP contribution in [0.1, 0.15) is 10.4 Å². The van der Waals surface area contributed by atoms with E-state index in [-0.39, 0.29) is 5.91 Å². The summed E-state index contributed by atoms with van der Waals surface area (Å²) in [6.45, 7) is 0. The minimum atomic E-state index is -0.286. The first-order chi connectivity index (χ1) is 7.10. The first-order valence-electron chi connectivity index (χ1n) is 4.26. The molecule has 15 heavy (non-hydrogen) atoms. The minimum absolute atomic E-state index is 0.286. The number of ether oxygens (including phenoxy) is 1. The normalized spacial score (nSPS) is 9.87. The molecule has 5 heteroatoms. The number of nitrogens with zero attached hydrogens (tertiary/aromatic N) is 1. The number of hydrogen-bond donors (Lipinski definition) is 0. The molecule has 0 radical (unpaired) electrons. The topological polar surface area (TPSA) is 38.8 Å². The van der Waals surface area contributed by atoms with Gasteiger partial charge in [0, 0.05) is 12.1 Å². The van der Waals surface area contributed by atoms with Crippen LogP contribution in [0.2, 0.25) is 5.02 Å². The summed E-state index contributed by atoms with van der Waals surface area (Å²) >= 11 is 5.78. The van der Waals surface area contributed by atoms with Crippen molar-refractivity contribution in [3.05, 3.63) is 28.8 Å². The molecule has 1 rings (SSSR count). The highest BCUT2D eigenvalue weighted by atomic mass is 35.5. The van der Waals surface area contributed by atoms with Gasteiger partial charge >= 0.3 is 0 Å². The van der Waals surface area contributed by atoms with Gasteiger partial charge in [0.05, 0.1) is 19.8 Å². The van der Waals surface area contributed by atoms with Crippen molar-refractivity contribution < 1.29 is 14.4 Å². The van der Waals surface area contributed by atoms with E-state index in [4.69, 9.17) is 21.2 Å². The number of methoxy groups -OCH3 is 1. The van der Waals surface area contributed by atoms with Crippen molar-refractivity contribution in [2.24, 2.45) is 0 Å². The average Bonchev–Trinajstić information content (AvgIpc) is 2.26. The summed E-state index contributed by atoms with van der Waals surface area (Å²) in [5, 5.41) is 1.63. The molecular weight excluding hydrogens is 218 g/mol. The van der Waals surface area contributed by atoms with Crippen molar-refractivity contribution in [2.45, 2.75) is 0 Å². The Hall–Kier alpha value is -1.26. The van der Waals surface area contributed by atoms with Crippen LogP contribution in [-0.4, -0.2) is 32.2 Å². The van der Waals surface area contributed by atoms with Gasteiger partial charge in [0.2, 0.25) is 0 Å². The van der Waals surface area contributed by atoms with E-state index in [9.17, 15) is 4.79 Å². The molecule has 0 saturated heterocycles. The molecular formula is C10H12ClNO3. The minimum Gasteiger partial charge on any atom is -0.496 e. The first-order valence-corrected chi connectivity index (χ1v) is 4.63. The summed E-state index contributed by atoms with van der Waals surface area (Å²) in [5.74, 6) is 0.141. The van der Waals surface area contributed by atoms with E-state index in [0.29, 0.717) is 16.3 Å². The van der Waals surface area contributed by atoms with Crippen molar-refractivity contribution in [2.75, 3.05) is 21.3 Å². The van der Waals surface area contributed by atoms with Gasteiger partial charge in [-0.3, -0.25) is 9.63 Å². The van der Waals surface area contributed by atoms with Crippen LogP contribution in [0.5, 0.6) is 5.75 Å². The SMILES string of the molecule is COc1cc(Cl)ccc1C(=O)N(C)OC. The van der Waals surface area contributed by atoms with E-state index in [1.807, 2.05) is 0 Å². The highest BCUT2D eigenvalue weighted by molar-refractivity contribution is 6.30. The molecule has 0 aromatic heterocycles. The van der Waals surface area contributed by atoms with Crippen LogP contribution in [0.15, 0.2) is 18.2 Å². The maximum atomic E-state index is 11.7. The standard InChI is InChI=1S/C10H12ClNO3/c1-12(15-3)10(13)8-5-4-7(11)6-9(8)14-2/h4-6H,1-3H3. The molecule has 0 aliphatic carbocycles. The number of hydroxylamine groups is 2. The summed E-state index contributed by atoms with van der Waals surface area (Å²) in [7, 11) is 4.42. The molecule has 1 aromatic carbocycles. The Bertz CT molecular complexity index is 368. The van der Waals surface area contributed by atoms with Gasteiger partial charge in [0.15, 0.2) is 0 Å². The molecule has 1 amide bonds. The molecule has 0 saturated carbocycles. The second kappa shape index (κ2) is 5.00. The van der Waals surface area contributed by atoms with Gasteiger partial charge in [0.25, 0.3) is 5.91 Å². The average molecular weight is 230 g/mol. The van der Waals surface area contributed by atoms with Crippen LogP contribution in [0.25, 0.3) is 0 Å². The molecule has 0 N–H and O–H groups in total. The lowest BCUT2D eigenvalue weighted by atomic mass is 10.2. The Labute approximate surface area is 93.3 Å². The summed E-state index contributed by atoms with van der Waals surface area (Å²) in [4.78, 5) is 16.5. The largest absolute Gasteiger partial charge is 0.496 e. The summed E-state index contributed by atoms with van der Waals surface area (Å²) < 4.78 is 5.05. The van der Waals surface area contributed by atoms with E-state index in [1.54, 1.807) is 18.2 Å². The fourth-order valence-electron chi connectivity index (χ4n) is 1.09. The molecule has 0 heterocycles. The van der Waals surface area contributed by atoms with Crippen molar-refractivity contribution in [1.82, 2.24) is 5.06 Å². The van der Waals surface area contributed by atoms with Gasteiger partial charge < -0.3 is 4.74 Å². The number of carbonyl (C=O) groups is 1. The van der Waals surface area contributed by atoms with Gasteiger partial charge in [-0.25, -0.2) is 5.06 Å². The zero-order valence-corrected chi connectivity index (χ0v) is 9.54. The molecule has 4 nitrogen and oxygen atoms in total. The Morgan fingerprint density at radius 1 is 1.40 bits per heavy atom. The van der Waals surface area contributed by atoms with E-state index >= 15 is 0 Å². The zero-order valence-electron chi connectivity index (χ0n) is 8.78. The molecule has 0 unspecified atom stereocenters. The van der Waals surface area contributed by atoms with Gasteiger partial charge in [-0.2, -0.15) is 0 Å². The lowest BCUT2D eigenvalue weighted by Gasteiger charge is -2.15. The van der Waals surface area contributed by atoms with Crippen molar-refractivity contribution in [1.29, 1.82) is 0 Å². The van der Waals surface area contributed by atoms with Crippen molar-refractivity contribution >= 4 is 17.5 Å². The third-order valence-corrected chi connectivity index (χ3v) is 2.19. The second-order valence-electron chi connectivity index (χ2n) is 2.83. The number of carbonyl (C=O) groups excluding carboxylic acids is 1. The highest BCUT2D eigenvalue weighted by Gasteiger charge is 2.16. The molecule has 0 aliphatic rings.